The Morgan fingerprint density at radius 1 is 1.07 bits per heavy atom. The van der Waals surface area contributed by atoms with Crippen LogP contribution in [0.4, 0.5) is 13.2 Å². The first-order valence-corrected chi connectivity index (χ1v) is 12.0. The van der Waals surface area contributed by atoms with Gasteiger partial charge in [0, 0.05) is 17.4 Å². The average Bonchev–Trinajstić information content (AvgIpc) is 2.92. The number of carbonyl (C=O) groups is 1. The van der Waals surface area contributed by atoms with Crippen molar-refractivity contribution in [2.75, 3.05) is 0 Å². The van der Waals surface area contributed by atoms with E-state index in [0.717, 1.165) is 28.2 Å². The summed E-state index contributed by atoms with van der Waals surface area (Å²) in [6, 6.07) is 12.4. The van der Waals surface area contributed by atoms with Crippen molar-refractivity contribution in [1.29, 1.82) is 0 Å². The zero-order valence-corrected chi connectivity index (χ0v) is 16.3. The van der Waals surface area contributed by atoms with Crippen LogP contribution >= 0.6 is 0 Å². The van der Waals surface area contributed by atoms with Gasteiger partial charge < -0.3 is 9.67 Å². The molecule has 1 heterocycles. The molecule has 1 N–H and O–H groups in total. The van der Waals surface area contributed by atoms with Crippen LogP contribution < -0.4 is 5.19 Å². The van der Waals surface area contributed by atoms with Crippen LogP contribution in [0.5, 0.6) is 0 Å². The predicted molar refractivity (Wildman–Crippen MR) is 102 cm³/mol. The Bertz CT molecular complexity index is 1020. The van der Waals surface area contributed by atoms with Crippen molar-refractivity contribution >= 4 is 30.1 Å². The molecule has 0 fully saturated rings. The maximum absolute atomic E-state index is 13.0. The molecule has 0 aliphatic heterocycles. The fraction of sp³-hybridized carbons (Fsp3) is 0.250. The number of hydrogen-bond donors (Lipinski definition) is 1. The van der Waals surface area contributed by atoms with Gasteiger partial charge in [0.2, 0.25) is 0 Å². The van der Waals surface area contributed by atoms with Crippen LogP contribution in [0, 0.1) is 0 Å². The first kappa shape index (κ1) is 19.2. The lowest BCUT2D eigenvalue weighted by Gasteiger charge is -2.17. The van der Waals surface area contributed by atoms with Crippen LogP contribution in [0.3, 0.4) is 0 Å². The Labute approximate surface area is 156 Å². The number of fused-ring (bicyclic) bond motifs is 1. The molecule has 0 aliphatic rings. The van der Waals surface area contributed by atoms with Crippen LogP contribution in [0.1, 0.15) is 21.6 Å². The highest BCUT2D eigenvalue weighted by Gasteiger charge is 2.30. The Morgan fingerprint density at radius 2 is 1.78 bits per heavy atom. The van der Waals surface area contributed by atoms with E-state index in [-0.39, 0.29) is 12.2 Å². The Morgan fingerprint density at radius 3 is 2.37 bits per heavy atom. The molecule has 3 aromatic rings. The van der Waals surface area contributed by atoms with Gasteiger partial charge in [-0.05, 0) is 29.8 Å². The van der Waals surface area contributed by atoms with E-state index in [2.05, 4.69) is 19.6 Å². The second-order valence-corrected chi connectivity index (χ2v) is 12.7. The van der Waals surface area contributed by atoms with Gasteiger partial charge in [-0.3, -0.25) is 0 Å². The number of hydrogen-bond acceptors (Lipinski definition) is 1. The summed E-state index contributed by atoms with van der Waals surface area (Å²) in [6.07, 6.45) is -4.44. The minimum atomic E-state index is -4.44. The SMILES string of the molecule is C[Si](C)(C)c1ccc2cc(C(=O)O)n(Cc3cccc(C(F)(F)F)c3)c2c1. The molecule has 0 spiro atoms. The van der Waals surface area contributed by atoms with Gasteiger partial charge in [-0.2, -0.15) is 13.2 Å². The number of carboxylic acid groups (broad SMARTS) is 1. The average molecular weight is 391 g/mol. The van der Waals surface area contributed by atoms with Crippen molar-refractivity contribution in [2.24, 2.45) is 0 Å². The first-order valence-electron chi connectivity index (χ1n) is 8.50. The molecule has 3 rings (SSSR count). The summed E-state index contributed by atoms with van der Waals surface area (Å²) in [5.41, 5.74) is 0.458. The van der Waals surface area contributed by atoms with E-state index in [1.54, 1.807) is 16.7 Å². The van der Waals surface area contributed by atoms with Crippen molar-refractivity contribution in [3.8, 4) is 0 Å². The lowest BCUT2D eigenvalue weighted by Crippen LogP contribution is -2.37. The van der Waals surface area contributed by atoms with E-state index in [4.69, 9.17) is 0 Å². The molecule has 0 aliphatic carbocycles. The molecule has 0 amide bonds. The van der Waals surface area contributed by atoms with Gasteiger partial charge in [0.05, 0.1) is 13.6 Å². The van der Waals surface area contributed by atoms with Gasteiger partial charge in [0.25, 0.3) is 0 Å². The number of aromatic nitrogens is 1. The van der Waals surface area contributed by atoms with Gasteiger partial charge in [-0.25, -0.2) is 4.79 Å². The van der Waals surface area contributed by atoms with Gasteiger partial charge in [0.1, 0.15) is 5.69 Å². The molecular formula is C20H20F3NO2Si. The summed E-state index contributed by atoms with van der Waals surface area (Å²) >= 11 is 0. The molecule has 3 nitrogen and oxygen atoms in total. The standard InChI is InChI=1S/C20H20F3NO2Si/c1-27(2,3)16-8-7-14-10-18(19(25)26)24(17(14)11-16)12-13-5-4-6-15(9-13)20(21,22)23/h4-11H,12H2,1-3H3,(H,25,26). The van der Waals surface area contributed by atoms with Crippen molar-refractivity contribution in [3.05, 3.63) is 65.4 Å². The molecule has 7 heteroatoms. The van der Waals surface area contributed by atoms with E-state index in [1.165, 1.54) is 6.07 Å². The predicted octanol–water partition coefficient (Wildman–Crippen LogP) is 4.95. The van der Waals surface area contributed by atoms with Crippen LogP contribution in [0.2, 0.25) is 19.6 Å². The van der Waals surface area contributed by atoms with Gasteiger partial charge in [-0.1, -0.05) is 49.1 Å². The van der Waals surface area contributed by atoms with Crippen molar-refractivity contribution in [2.45, 2.75) is 32.4 Å². The third-order valence-electron chi connectivity index (χ3n) is 4.58. The number of alkyl halides is 3. The minimum Gasteiger partial charge on any atom is -0.477 e. The monoisotopic (exact) mass is 391 g/mol. The molecule has 0 radical (unpaired) electrons. The second-order valence-electron chi connectivity index (χ2n) is 7.64. The minimum absolute atomic E-state index is 0.0597. The van der Waals surface area contributed by atoms with Crippen LogP contribution in [0.25, 0.3) is 10.9 Å². The Hall–Kier alpha value is -2.54. The van der Waals surface area contributed by atoms with E-state index < -0.39 is 25.8 Å². The fourth-order valence-corrected chi connectivity index (χ4v) is 4.25. The van der Waals surface area contributed by atoms with Crippen LogP contribution in [0.15, 0.2) is 48.5 Å². The second kappa shape index (κ2) is 6.56. The van der Waals surface area contributed by atoms with Crippen molar-refractivity contribution in [3.63, 3.8) is 0 Å². The first-order chi connectivity index (χ1) is 12.5. The molecule has 1 aromatic heterocycles. The maximum Gasteiger partial charge on any atom is 0.416 e. The Kier molecular flexibility index (Phi) is 4.67. The largest absolute Gasteiger partial charge is 0.477 e. The topological polar surface area (TPSA) is 42.2 Å². The summed E-state index contributed by atoms with van der Waals surface area (Å²) in [7, 11) is -1.63. The van der Waals surface area contributed by atoms with Crippen LogP contribution in [-0.2, 0) is 12.7 Å². The summed E-state index contributed by atoms with van der Waals surface area (Å²) in [6.45, 7) is 6.62. The van der Waals surface area contributed by atoms with Gasteiger partial charge in [-0.15, -0.1) is 0 Å². The maximum atomic E-state index is 13.0. The number of halogens is 3. The zero-order valence-electron chi connectivity index (χ0n) is 15.3. The van der Waals surface area contributed by atoms with E-state index in [9.17, 15) is 23.1 Å². The smallest absolute Gasteiger partial charge is 0.416 e. The lowest BCUT2D eigenvalue weighted by atomic mass is 10.1. The highest BCUT2D eigenvalue weighted by Crippen LogP contribution is 2.30. The van der Waals surface area contributed by atoms with E-state index >= 15 is 0 Å². The van der Waals surface area contributed by atoms with Gasteiger partial charge in [0.15, 0.2) is 0 Å². The Balaban J connectivity index is 2.14. The highest BCUT2D eigenvalue weighted by molar-refractivity contribution is 6.88. The number of rotatable bonds is 4. The molecule has 142 valence electrons. The van der Waals surface area contributed by atoms with Crippen molar-refractivity contribution in [1.82, 2.24) is 4.57 Å². The molecule has 0 saturated heterocycles. The van der Waals surface area contributed by atoms with Crippen LogP contribution in [-0.4, -0.2) is 23.7 Å². The summed E-state index contributed by atoms with van der Waals surface area (Å²) in [4.78, 5) is 11.7. The summed E-state index contributed by atoms with van der Waals surface area (Å²) in [5.74, 6) is -1.10. The molecule has 0 atom stereocenters. The molecule has 0 saturated carbocycles. The third kappa shape index (κ3) is 3.92. The van der Waals surface area contributed by atoms with E-state index in [1.807, 2.05) is 18.2 Å². The lowest BCUT2D eigenvalue weighted by molar-refractivity contribution is -0.137. The van der Waals surface area contributed by atoms with E-state index in [0.29, 0.717) is 5.56 Å². The van der Waals surface area contributed by atoms with Crippen molar-refractivity contribution < 1.29 is 23.1 Å². The zero-order chi connectivity index (χ0) is 20.0. The molecule has 0 bridgehead atoms. The number of benzene rings is 2. The molecular weight excluding hydrogens is 371 g/mol. The number of aromatic carboxylic acids is 1. The number of nitrogens with zero attached hydrogens (tertiary/aromatic N) is 1. The quantitative estimate of drug-likeness (QED) is 0.640. The normalized spacial score (nSPS) is 12.5. The molecule has 0 unspecified atom stereocenters. The fourth-order valence-electron chi connectivity index (χ4n) is 3.10. The number of carboxylic acids is 1. The summed E-state index contributed by atoms with van der Waals surface area (Å²) < 4.78 is 40.6. The van der Waals surface area contributed by atoms with Gasteiger partial charge >= 0.3 is 12.1 Å². The third-order valence-corrected chi connectivity index (χ3v) is 6.63. The highest BCUT2D eigenvalue weighted by atomic mass is 28.3. The molecule has 27 heavy (non-hydrogen) atoms. The molecule has 2 aromatic carbocycles. The summed E-state index contributed by atoms with van der Waals surface area (Å²) in [5, 5.41) is 11.5.